The fraction of sp³-hybridized carbons (Fsp3) is 0.217. The first-order valence-corrected chi connectivity index (χ1v) is 9.41. The van der Waals surface area contributed by atoms with Crippen molar-refractivity contribution in [3.63, 3.8) is 0 Å². The smallest absolute Gasteiger partial charge is 0.337 e. The van der Waals surface area contributed by atoms with Crippen LogP contribution in [0.5, 0.6) is 11.5 Å². The van der Waals surface area contributed by atoms with Gasteiger partial charge in [-0.05, 0) is 41.5 Å². The molecule has 0 aliphatic rings. The van der Waals surface area contributed by atoms with Gasteiger partial charge in [-0.25, -0.2) is 4.79 Å². The van der Waals surface area contributed by atoms with Crippen molar-refractivity contribution in [1.29, 1.82) is 0 Å². The number of anilines is 1. The lowest BCUT2D eigenvalue weighted by molar-refractivity contribution is 0.0696. The van der Waals surface area contributed by atoms with Crippen LogP contribution >= 0.6 is 0 Å². The molecule has 152 valence electrons. The Bertz CT molecular complexity index is 894. The highest BCUT2D eigenvalue weighted by Gasteiger charge is 2.04. The summed E-state index contributed by atoms with van der Waals surface area (Å²) in [5.74, 6) is 0.605. The van der Waals surface area contributed by atoms with Gasteiger partial charge >= 0.3 is 5.97 Å². The maximum Gasteiger partial charge on any atom is 0.337 e. The maximum absolute atomic E-state index is 11.0. The first-order valence-electron chi connectivity index (χ1n) is 9.41. The lowest BCUT2D eigenvalue weighted by Gasteiger charge is -2.09. The van der Waals surface area contributed by atoms with E-state index >= 15 is 0 Å². The normalized spacial score (nSPS) is 9.76. The Hall–Kier alpha value is -3.54. The maximum atomic E-state index is 11.0. The number of aromatic carboxylic acids is 1. The van der Waals surface area contributed by atoms with Gasteiger partial charge in [0.15, 0.2) is 0 Å². The summed E-state index contributed by atoms with van der Waals surface area (Å²) in [4.78, 5) is 14.9. The highest BCUT2D eigenvalue weighted by Crippen LogP contribution is 2.17. The van der Waals surface area contributed by atoms with E-state index in [-0.39, 0.29) is 5.56 Å². The summed E-state index contributed by atoms with van der Waals surface area (Å²) < 4.78 is 10.9. The molecular weight excluding hydrogens is 368 g/mol. The molecular formula is C23H26N2O4. The second-order valence-electron chi connectivity index (χ2n) is 5.90. The lowest BCUT2D eigenvalue weighted by Crippen LogP contribution is -2.03. The number of ether oxygens (including phenoxy) is 2. The Kier molecular flexibility index (Phi) is 8.51. The summed E-state index contributed by atoms with van der Waals surface area (Å²) in [6.07, 6.45) is 2.92. The van der Waals surface area contributed by atoms with Crippen molar-refractivity contribution in [2.45, 2.75) is 27.0 Å². The number of hydrogen-bond acceptors (Lipinski definition) is 5. The zero-order chi connectivity index (χ0) is 21.1. The van der Waals surface area contributed by atoms with Crippen LogP contribution in [0, 0.1) is 0 Å². The first-order chi connectivity index (χ1) is 14.1. The van der Waals surface area contributed by atoms with Crippen LogP contribution < -0.4 is 14.8 Å². The number of benzene rings is 2. The van der Waals surface area contributed by atoms with E-state index in [2.05, 4.69) is 10.3 Å². The van der Waals surface area contributed by atoms with E-state index in [1.54, 1.807) is 19.4 Å². The monoisotopic (exact) mass is 394 g/mol. The van der Waals surface area contributed by atoms with Crippen molar-refractivity contribution < 1.29 is 19.4 Å². The molecule has 0 bridgehead atoms. The van der Waals surface area contributed by atoms with Crippen LogP contribution in [-0.4, -0.2) is 23.2 Å². The number of hydrogen-bond donors (Lipinski definition) is 2. The van der Waals surface area contributed by atoms with Crippen LogP contribution in [0.25, 0.3) is 0 Å². The first kappa shape index (κ1) is 21.8. The highest BCUT2D eigenvalue weighted by molar-refractivity contribution is 5.88. The van der Waals surface area contributed by atoms with Crippen molar-refractivity contribution in [2.24, 2.45) is 0 Å². The number of nitrogens with zero attached hydrogens (tertiary/aromatic N) is 1. The molecule has 0 radical (unpaired) electrons. The van der Waals surface area contributed by atoms with E-state index in [9.17, 15) is 4.79 Å². The number of carbonyl (C=O) groups is 1. The summed E-state index contributed by atoms with van der Waals surface area (Å²) in [6.45, 7) is 5.04. The zero-order valence-electron chi connectivity index (χ0n) is 16.9. The van der Waals surface area contributed by atoms with E-state index in [0.717, 1.165) is 22.6 Å². The zero-order valence-corrected chi connectivity index (χ0v) is 16.9. The number of methoxy groups -OCH3 is 1. The molecule has 3 rings (SSSR count). The van der Waals surface area contributed by atoms with E-state index < -0.39 is 5.97 Å². The van der Waals surface area contributed by atoms with Crippen LogP contribution in [0.4, 0.5) is 5.69 Å². The molecule has 0 fully saturated rings. The molecule has 2 aromatic carbocycles. The topological polar surface area (TPSA) is 80.7 Å². The van der Waals surface area contributed by atoms with E-state index in [1.807, 2.05) is 62.4 Å². The van der Waals surface area contributed by atoms with Gasteiger partial charge in [0.2, 0.25) is 0 Å². The molecule has 0 unspecified atom stereocenters. The Morgan fingerprint density at radius 2 is 1.59 bits per heavy atom. The van der Waals surface area contributed by atoms with Crippen molar-refractivity contribution in [3.05, 3.63) is 83.7 Å². The van der Waals surface area contributed by atoms with Crippen LogP contribution in [0.3, 0.4) is 0 Å². The molecule has 29 heavy (non-hydrogen) atoms. The molecule has 0 saturated carbocycles. The minimum Gasteiger partial charge on any atom is -0.497 e. The third kappa shape index (κ3) is 6.84. The van der Waals surface area contributed by atoms with Gasteiger partial charge in [0.25, 0.3) is 0 Å². The van der Waals surface area contributed by atoms with Crippen LogP contribution in [-0.2, 0) is 13.2 Å². The molecule has 0 aliphatic carbocycles. The predicted molar refractivity (Wildman–Crippen MR) is 114 cm³/mol. The van der Waals surface area contributed by atoms with Gasteiger partial charge in [0.05, 0.1) is 18.4 Å². The van der Waals surface area contributed by atoms with E-state index in [0.29, 0.717) is 18.8 Å². The van der Waals surface area contributed by atoms with E-state index in [4.69, 9.17) is 14.6 Å². The Balaban J connectivity index is 0.00000145. The van der Waals surface area contributed by atoms with Crippen molar-refractivity contribution in [3.8, 4) is 11.5 Å². The molecule has 0 spiro atoms. The van der Waals surface area contributed by atoms with Crippen LogP contribution in [0.2, 0.25) is 0 Å². The largest absolute Gasteiger partial charge is 0.497 e. The molecule has 6 nitrogen and oxygen atoms in total. The van der Waals surface area contributed by atoms with Gasteiger partial charge in [0, 0.05) is 18.9 Å². The second kappa shape index (κ2) is 11.3. The summed E-state index contributed by atoms with van der Waals surface area (Å²) in [6, 6.07) is 17.0. The summed E-state index contributed by atoms with van der Waals surface area (Å²) in [5.41, 5.74) is 2.93. The molecule has 1 heterocycles. The summed E-state index contributed by atoms with van der Waals surface area (Å²) >= 11 is 0. The Morgan fingerprint density at radius 3 is 2.21 bits per heavy atom. The van der Waals surface area contributed by atoms with Gasteiger partial charge in [-0.3, -0.25) is 4.98 Å². The van der Waals surface area contributed by atoms with Crippen molar-refractivity contribution >= 4 is 11.7 Å². The quantitative estimate of drug-likeness (QED) is 0.559. The Morgan fingerprint density at radius 1 is 0.966 bits per heavy atom. The lowest BCUT2D eigenvalue weighted by atomic mass is 10.2. The van der Waals surface area contributed by atoms with Gasteiger partial charge in [-0.1, -0.05) is 38.1 Å². The molecule has 0 saturated heterocycles. The Labute approximate surface area is 171 Å². The third-order valence-electron chi connectivity index (χ3n) is 3.97. The third-order valence-corrected chi connectivity index (χ3v) is 3.97. The molecule has 1 aromatic heterocycles. The standard InChI is InChI=1S/C21H20N2O4.C2H6/c1-26-19-6-4-16(5-7-19)14-27-20-8-2-15(3-9-20)11-23-18-10-17(21(24)25)12-22-13-18;1-2/h2-10,12-13,23H,11,14H2,1H3,(H,24,25);1-2H3. The molecule has 3 aromatic rings. The van der Waals surface area contributed by atoms with Crippen molar-refractivity contribution in [1.82, 2.24) is 4.98 Å². The van der Waals surface area contributed by atoms with E-state index in [1.165, 1.54) is 6.20 Å². The van der Waals surface area contributed by atoms with Crippen LogP contribution in [0.1, 0.15) is 35.3 Å². The minimum atomic E-state index is -0.996. The highest BCUT2D eigenvalue weighted by atomic mass is 16.5. The van der Waals surface area contributed by atoms with Gasteiger partial charge in [0.1, 0.15) is 18.1 Å². The average molecular weight is 394 g/mol. The average Bonchev–Trinajstić information content (AvgIpc) is 2.79. The number of rotatable bonds is 8. The van der Waals surface area contributed by atoms with Gasteiger partial charge in [-0.15, -0.1) is 0 Å². The number of aromatic nitrogens is 1. The fourth-order valence-electron chi connectivity index (χ4n) is 2.45. The summed E-state index contributed by atoms with van der Waals surface area (Å²) in [7, 11) is 1.64. The number of carboxylic acids is 1. The molecule has 2 N–H and O–H groups in total. The van der Waals surface area contributed by atoms with Gasteiger partial charge in [-0.2, -0.15) is 0 Å². The minimum absolute atomic E-state index is 0.155. The SMILES string of the molecule is CC.COc1ccc(COc2ccc(CNc3cncc(C(=O)O)c3)cc2)cc1. The van der Waals surface area contributed by atoms with Crippen LogP contribution in [0.15, 0.2) is 67.0 Å². The second-order valence-corrected chi connectivity index (χ2v) is 5.90. The number of carboxylic acid groups (broad SMARTS) is 1. The number of nitrogens with one attached hydrogen (secondary N) is 1. The molecule has 6 heteroatoms. The molecule has 0 amide bonds. The van der Waals surface area contributed by atoms with Crippen molar-refractivity contribution in [2.75, 3.05) is 12.4 Å². The van der Waals surface area contributed by atoms with Gasteiger partial charge < -0.3 is 19.9 Å². The fourth-order valence-corrected chi connectivity index (χ4v) is 2.45. The predicted octanol–water partition coefficient (Wildman–Crippen LogP) is 5.01. The number of pyridine rings is 1. The molecule has 0 atom stereocenters. The summed E-state index contributed by atoms with van der Waals surface area (Å²) in [5, 5.41) is 12.2. The molecule has 0 aliphatic heterocycles.